The number of aromatic hydroxyl groups is 1. The third kappa shape index (κ3) is 4.06. The number of allylic oxidation sites excluding steroid dienone is 1. The van der Waals surface area contributed by atoms with Gasteiger partial charge in [0, 0.05) is 35.7 Å². The summed E-state index contributed by atoms with van der Waals surface area (Å²) in [5.41, 5.74) is 2.62. The number of carbonyl (C=O) groups excluding carboxylic acids is 3. The van der Waals surface area contributed by atoms with Gasteiger partial charge in [-0.1, -0.05) is 18.5 Å². The molecule has 40 heavy (non-hydrogen) atoms. The second-order valence-electron chi connectivity index (χ2n) is 11.3. The lowest BCUT2D eigenvalue weighted by Crippen LogP contribution is -2.63. The largest absolute Gasteiger partial charge is 0.510 e. The number of fused-ring (bicyclic) bond motifs is 3. The highest BCUT2D eigenvalue weighted by molar-refractivity contribution is 6.33. The third-order valence-electron chi connectivity index (χ3n) is 8.93. The monoisotopic (exact) mass is 575 g/mol. The number of amides is 1. The SMILES string of the molecule is CCN(Cc1cc(O)c2c(c1Cl)C[C@H]1C[C@H]3[C@H](N(C)C)C(O)=C(C(N)=O)C(=O)[C@@]3(O)C(O)=C1C2=O)[C@@H]1CCOC1. The number of phenolic OH excluding ortho intramolecular Hbond substituents is 1. The van der Waals surface area contributed by atoms with Crippen molar-refractivity contribution in [3.63, 3.8) is 0 Å². The molecule has 1 aliphatic heterocycles. The minimum Gasteiger partial charge on any atom is -0.510 e. The Morgan fingerprint density at radius 3 is 2.52 bits per heavy atom. The van der Waals surface area contributed by atoms with E-state index < -0.39 is 58.0 Å². The summed E-state index contributed by atoms with van der Waals surface area (Å²) in [5, 5.41) is 45.3. The number of benzene rings is 1. The highest BCUT2D eigenvalue weighted by Gasteiger charge is 2.63. The molecule has 1 fully saturated rings. The van der Waals surface area contributed by atoms with Crippen LogP contribution in [0.25, 0.3) is 0 Å². The van der Waals surface area contributed by atoms with Crippen LogP contribution in [0.3, 0.4) is 0 Å². The van der Waals surface area contributed by atoms with Gasteiger partial charge in [0.15, 0.2) is 11.4 Å². The van der Waals surface area contributed by atoms with Crippen LogP contribution in [0.5, 0.6) is 5.75 Å². The second-order valence-corrected chi connectivity index (χ2v) is 11.6. The van der Waals surface area contributed by atoms with E-state index in [4.69, 9.17) is 22.1 Å². The van der Waals surface area contributed by atoms with Crippen LogP contribution in [0, 0.1) is 11.8 Å². The number of nitrogens with two attached hydrogens (primary N) is 1. The van der Waals surface area contributed by atoms with Crippen LogP contribution in [0.4, 0.5) is 0 Å². The fourth-order valence-electron chi connectivity index (χ4n) is 7.00. The number of phenols is 1. The summed E-state index contributed by atoms with van der Waals surface area (Å²) in [6.45, 7) is 4.47. The van der Waals surface area contributed by atoms with Gasteiger partial charge in [0.2, 0.25) is 5.78 Å². The van der Waals surface area contributed by atoms with Crippen molar-refractivity contribution in [1.82, 2.24) is 9.80 Å². The van der Waals surface area contributed by atoms with Crippen molar-refractivity contribution in [3.8, 4) is 5.75 Å². The van der Waals surface area contributed by atoms with Crippen molar-refractivity contribution < 1.29 is 39.5 Å². The molecule has 11 nitrogen and oxygen atoms in total. The number of hydrogen-bond donors (Lipinski definition) is 5. The van der Waals surface area contributed by atoms with Crippen LogP contribution >= 0.6 is 11.6 Å². The summed E-state index contributed by atoms with van der Waals surface area (Å²) < 4.78 is 5.53. The van der Waals surface area contributed by atoms with Crippen LogP contribution in [-0.4, -0.2) is 99.2 Å². The molecule has 1 aromatic carbocycles. The van der Waals surface area contributed by atoms with E-state index in [9.17, 15) is 34.8 Å². The summed E-state index contributed by atoms with van der Waals surface area (Å²) in [5.74, 6) is -6.88. The molecule has 5 atom stereocenters. The van der Waals surface area contributed by atoms with Crippen molar-refractivity contribution >= 4 is 29.1 Å². The van der Waals surface area contributed by atoms with Gasteiger partial charge < -0.3 is 30.9 Å². The maximum atomic E-state index is 13.8. The summed E-state index contributed by atoms with van der Waals surface area (Å²) in [6, 6.07) is 0.601. The van der Waals surface area contributed by atoms with E-state index in [2.05, 4.69) is 4.90 Å². The number of halogens is 1. The fraction of sp³-hybridized carbons (Fsp3) is 0.536. The molecule has 0 bridgehead atoms. The maximum Gasteiger partial charge on any atom is 0.255 e. The number of aliphatic hydroxyl groups is 3. The van der Waals surface area contributed by atoms with Gasteiger partial charge in [0.1, 0.15) is 22.8 Å². The fourth-order valence-corrected chi connectivity index (χ4v) is 7.28. The number of aliphatic hydroxyl groups excluding tert-OH is 2. The zero-order chi connectivity index (χ0) is 29.3. The summed E-state index contributed by atoms with van der Waals surface area (Å²) in [6.07, 6.45) is 1.03. The summed E-state index contributed by atoms with van der Waals surface area (Å²) in [4.78, 5) is 43.0. The first-order valence-electron chi connectivity index (χ1n) is 13.3. The summed E-state index contributed by atoms with van der Waals surface area (Å²) in [7, 11) is 3.17. The first-order valence-corrected chi connectivity index (χ1v) is 13.7. The number of carbonyl (C=O) groups is 3. The standard InChI is InChI=1S/C28H34ClN3O8/c1-4-32(14-5-6-40-11-14)10-13-9-17(33)19-15(21(13)29)7-12-8-16-22(31(2)3)24(35)20(27(30)38)26(37)28(16,39)25(36)18(12)23(19)34/h9,12,14,16,22,33,35-36,39H,4-8,10-11H2,1-3H3,(H2,30,38)/t12-,14+,16-,22-,28-/m0/s1. The van der Waals surface area contributed by atoms with Crippen molar-refractivity contribution in [1.29, 1.82) is 0 Å². The van der Waals surface area contributed by atoms with Gasteiger partial charge >= 0.3 is 0 Å². The molecular formula is C28H34ClN3O8. The smallest absolute Gasteiger partial charge is 0.255 e. The molecule has 0 saturated carbocycles. The minimum absolute atomic E-state index is 0.00752. The molecule has 0 unspecified atom stereocenters. The third-order valence-corrected chi connectivity index (χ3v) is 9.40. The van der Waals surface area contributed by atoms with Crippen LogP contribution in [0.15, 0.2) is 28.7 Å². The van der Waals surface area contributed by atoms with Gasteiger partial charge in [-0.15, -0.1) is 0 Å². The topological polar surface area (TPSA) is 174 Å². The van der Waals surface area contributed by atoms with Crippen molar-refractivity contribution in [2.24, 2.45) is 17.6 Å². The number of primary amides is 1. The Morgan fingerprint density at radius 1 is 1.25 bits per heavy atom. The number of ether oxygens (including phenoxy) is 1. The Kier molecular flexibility index (Phi) is 7.25. The van der Waals surface area contributed by atoms with E-state index in [0.717, 1.165) is 13.0 Å². The molecule has 0 spiro atoms. The Hall–Kier alpha value is -2.96. The molecule has 0 aromatic heterocycles. The van der Waals surface area contributed by atoms with Gasteiger partial charge in [-0.2, -0.15) is 0 Å². The normalized spacial score (nSPS) is 30.2. The molecule has 1 heterocycles. The van der Waals surface area contributed by atoms with E-state index in [1.807, 2.05) is 6.92 Å². The van der Waals surface area contributed by atoms with Crippen LogP contribution in [0.1, 0.15) is 41.3 Å². The van der Waals surface area contributed by atoms with Crippen molar-refractivity contribution in [2.75, 3.05) is 33.9 Å². The lowest BCUT2D eigenvalue weighted by atomic mass is 9.58. The lowest BCUT2D eigenvalue weighted by Gasteiger charge is -2.50. The van der Waals surface area contributed by atoms with Crippen LogP contribution in [0.2, 0.25) is 5.02 Å². The molecule has 1 aromatic rings. The summed E-state index contributed by atoms with van der Waals surface area (Å²) >= 11 is 6.87. The number of hydrogen-bond acceptors (Lipinski definition) is 10. The Labute approximate surface area is 236 Å². The molecule has 12 heteroatoms. The lowest BCUT2D eigenvalue weighted by molar-refractivity contribution is -0.148. The van der Waals surface area contributed by atoms with Crippen LogP contribution in [-0.2, 0) is 27.3 Å². The zero-order valence-electron chi connectivity index (χ0n) is 22.6. The van der Waals surface area contributed by atoms with Gasteiger partial charge in [-0.25, -0.2) is 0 Å². The van der Waals surface area contributed by atoms with E-state index in [1.165, 1.54) is 11.0 Å². The van der Waals surface area contributed by atoms with Crippen molar-refractivity contribution in [3.05, 3.63) is 50.4 Å². The average Bonchev–Trinajstić information content (AvgIpc) is 3.41. The molecular weight excluding hydrogens is 542 g/mol. The molecule has 1 saturated heterocycles. The van der Waals surface area contributed by atoms with Crippen molar-refractivity contribution in [2.45, 2.75) is 50.4 Å². The maximum absolute atomic E-state index is 13.8. The first kappa shape index (κ1) is 28.6. The van der Waals surface area contributed by atoms with Gasteiger partial charge in [0.05, 0.1) is 18.2 Å². The predicted molar refractivity (Wildman–Crippen MR) is 144 cm³/mol. The number of rotatable bonds is 6. The zero-order valence-corrected chi connectivity index (χ0v) is 23.4. The number of ketones is 2. The molecule has 0 radical (unpaired) electrons. The molecule has 6 N–H and O–H groups in total. The Morgan fingerprint density at radius 2 is 1.95 bits per heavy atom. The Balaban J connectivity index is 1.61. The second kappa shape index (κ2) is 10.1. The highest BCUT2D eigenvalue weighted by atomic mass is 35.5. The quantitative estimate of drug-likeness (QED) is 0.312. The van der Waals surface area contributed by atoms with Crippen LogP contribution < -0.4 is 5.73 Å². The molecule has 5 rings (SSSR count). The number of Topliss-reactive ketones (excluding diaryl/α,β-unsaturated/α-hetero) is 2. The molecule has 216 valence electrons. The minimum atomic E-state index is -2.67. The average molecular weight is 576 g/mol. The Bertz CT molecular complexity index is 1370. The van der Waals surface area contributed by atoms with Gasteiger partial charge in [-0.3, -0.25) is 24.2 Å². The molecule has 4 aliphatic rings. The molecule has 3 aliphatic carbocycles. The van der Waals surface area contributed by atoms with Gasteiger partial charge in [-0.05, 0) is 63.0 Å². The number of likely N-dealkylation sites (N-methyl/N-ethyl adjacent to an activating group) is 2. The predicted octanol–water partition coefficient (Wildman–Crippen LogP) is 1.38. The van der Waals surface area contributed by atoms with E-state index in [-0.39, 0.29) is 35.8 Å². The van der Waals surface area contributed by atoms with E-state index in [0.29, 0.717) is 35.9 Å². The first-order chi connectivity index (χ1) is 18.8. The van der Waals surface area contributed by atoms with E-state index in [1.54, 1.807) is 14.1 Å². The van der Waals surface area contributed by atoms with E-state index >= 15 is 0 Å². The van der Waals surface area contributed by atoms with Gasteiger partial charge in [0.25, 0.3) is 5.91 Å². The molecule has 1 amide bonds. The number of nitrogens with zero attached hydrogens (tertiary/aromatic N) is 2. The highest BCUT2D eigenvalue weighted by Crippen LogP contribution is 2.53.